The van der Waals surface area contributed by atoms with E-state index in [1.54, 1.807) is 21.0 Å². The smallest absolute Gasteiger partial charge is 0.251 e. The number of carbonyl (C=O) groups excluding carboxylic acids is 1. The summed E-state index contributed by atoms with van der Waals surface area (Å²) in [6, 6.07) is 1.39. The number of nitrogens with one attached hydrogen (secondary N) is 2. The van der Waals surface area contributed by atoms with Gasteiger partial charge in [-0.05, 0) is 13.8 Å². The largest absolute Gasteiger partial charge is 0.384 e. The maximum absolute atomic E-state index is 12.1. The average Bonchev–Trinajstić information content (AvgIpc) is 2.97. The summed E-state index contributed by atoms with van der Waals surface area (Å²) < 4.78 is 9.98. The Bertz CT molecular complexity index is 745. The minimum absolute atomic E-state index is 0.140. The number of aryl methyl sites for hydroxylation is 1. The van der Waals surface area contributed by atoms with Gasteiger partial charge in [0.2, 0.25) is 11.8 Å². The summed E-state index contributed by atoms with van der Waals surface area (Å²) in [5.74, 6) is 0.639. The number of hydrogen-bond donors (Lipinski definition) is 2. The first-order valence-electron chi connectivity index (χ1n) is 7.30. The molecule has 0 fully saturated rings. The van der Waals surface area contributed by atoms with Gasteiger partial charge in [-0.15, -0.1) is 0 Å². The van der Waals surface area contributed by atoms with Crippen LogP contribution in [0.4, 0.5) is 0 Å². The molecule has 2 aromatic rings. The molecule has 1 atom stereocenters. The highest BCUT2D eigenvalue weighted by Gasteiger charge is 2.17. The second-order valence-electron chi connectivity index (χ2n) is 5.02. The lowest BCUT2D eigenvalue weighted by Crippen LogP contribution is -2.30. The number of amides is 1. The first-order valence-corrected chi connectivity index (χ1v) is 8.18. The summed E-state index contributed by atoms with van der Waals surface area (Å²) in [6.45, 7) is 4.09. The van der Waals surface area contributed by atoms with Crippen LogP contribution in [0.15, 0.2) is 20.5 Å². The van der Waals surface area contributed by atoms with Crippen molar-refractivity contribution in [1.82, 2.24) is 25.4 Å². The van der Waals surface area contributed by atoms with E-state index in [1.807, 2.05) is 0 Å². The Hall–Kier alpha value is -2.20. The molecular weight excluding hydrogens is 334 g/mol. The van der Waals surface area contributed by atoms with Crippen LogP contribution in [0.5, 0.6) is 0 Å². The maximum Gasteiger partial charge on any atom is 0.251 e. The number of carbonyl (C=O) groups is 1. The number of rotatable bonds is 8. The molecule has 1 amide bonds. The van der Waals surface area contributed by atoms with Gasteiger partial charge in [0, 0.05) is 25.3 Å². The van der Waals surface area contributed by atoms with Gasteiger partial charge < -0.3 is 19.6 Å². The number of methoxy groups -OCH3 is 1. The number of nitrogens with zero attached hydrogens (tertiary/aromatic N) is 3. The molecule has 0 aliphatic carbocycles. The molecule has 0 radical (unpaired) electrons. The predicted molar refractivity (Wildman–Crippen MR) is 86.6 cm³/mol. The first kappa shape index (κ1) is 18.1. The molecule has 1 unspecified atom stereocenters. The van der Waals surface area contributed by atoms with Gasteiger partial charge in [-0.25, -0.2) is 4.98 Å². The number of aromatic amines is 1. The Labute approximate surface area is 142 Å². The molecule has 0 saturated heterocycles. The van der Waals surface area contributed by atoms with Gasteiger partial charge >= 0.3 is 0 Å². The van der Waals surface area contributed by atoms with E-state index in [1.165, 1.54) is 17.8 Å². The Kier molecular flexibility index (Phi) is 6.50. The Morgan fingerprint density at radius 3 is 3.00 bits per heavy atom. The summed E-state index contributed by atoms with van der Waals surface area (Å²) in [7, 11) is 1.59. The fourth-order valence-corrected chi connectivity index (χ4v) is 2.67. The molecule has 2 N–H and O–H groups in total. The number of aromatic nitrogens is 4. The van der Waals surface area contributed by atoms with Crippen LogP contribution in [0.3, 0.4) is 0 Å². The molecule has 130 valence electrons. The molecule has 0 aliphatic heterocycles. The van der Waals surface area contributed by atoms with E-state index in [9.17, 15) is 9.59 Å². The van der Waals surface area contributed by atoms with E-state index < -0.39 is 5.25 Å². The van der Waals surface area contributed by atoms with Gasteiger partial charge in [0.1, 0.15) is 0 Å². The molecule has 0 saturated carbocycles. The normalized spacial score (nSPS) is 12.1. The van der Waals surface area contributed by atoms with E-state index in [0.717, 1.165) is 0 Å². The second kappa shape index (κ2) is 8.60. The zero-order valence-electron chi connectivity index (χ0n) is 13.7. The van der Waals surface area contributed by atoms with Gasteiger partial charge in [-0.2, -0.15) is 4.98 Å². The summed E-state index contributed by atoms with van der Waals surface area (Å²) >= 11 is 1.17. The van der Waals surface area contributed by atoms with Crippen LogP contribution < -0.4 is 10.9 Å². The van der Waals surface area contributed by atoms with Crippen LogP contribution in [0.1, 0.15) is 24.3 Å². The molecular formula is C14H19N5O4S. The first-order chi connectivity index (χ1) is 11.5. The van der Waals surface area contributed by atoms with Crippen LogP contribution in [0, 0.1) is 6.92 Å². The summed E-state index contributed by atoms with van der Waals surface area (Å²) in [5, 5.41) is 6.47. The monoisotopic (exact) mass is 353 g/mol. The van der Waals surface area contributed by atoms with Crippen molar-refractivity contribution in [3.63, 3.8) is 0 Å². The number of thioether (sulfide) groups is 1. The van der Waals surface area contributed by atoms with E-state index in [-0.39, 0.29) is 18.0 Å². The van der Waals surface area contributed by atoms with Crippen LogP contribution in [-0.2, 0) is 22.5 Å². The molecule has 0 bridgehead atoms. The van der Waals surface area contributed by atoms with Crippen LogP contribution in [-0.4, -0.2) is 45.0 Å². The van der Waals surface area contributed by atoms with E-state index in [2.05, 4.69) is 25.4 Å². The number of ether oxygens (including phenoxy) is 1. The van der Waals surface area contributed by atoms with Crippen LogP contribution in [0.25, 0.3) is 0 Å². The summed E-state index contributed by atoms with van der Waals surface area (Å²) in [4.78, 5) is 34.4. The highest BCUT2D eigenvalue weighted by molar-refractivity contribution is 8.00. The standard InChI is InChI=1S/C14H19N5O4S/c1-8-6-11(20)18-14(16-8)24-9(2)13(21)15-7-12-17-10(19-23-12)4-5-22-3/h6,9H,4-5,7H2,1-3H3,(H,15,21)(H,16,18,20). The third-order valence-corrected chi connectivity index (χ3v) is 3.94. The summed E-state index contributed by atoms with van der Waals surface area (Å²) in [6.07, 6.45) is 0.548. The fraction of sp³-hybridized carbons (Fsp3) is 0.500. The van der Waals surface area contributed by atoms with Crippen molar-refractivity contribution in [3.8, 4) is 0 Å². The highest BCUT2D eigenvalue weighted by atomic mass is 32.2. The van der Waals surface area contributed by atoms with Gasteiger partial charge in [0.15, 0.2) is 11.0 Å². The molecule has 0 aliphatic rings. The lowest BCUT2D eigenvalue weighted by atomic mass is 10.4. The highest BCUT2D eigenvalue weighted by Crippen LogP contribution is 2.18. The molecule has 2 rings (SSSR count). The topological polar surface area (TPSA) is 123 Å². The van der Waals surface area contributed by atoms with Gasteiger partial charge in [-0.1, -0.05) is 16.9 Å². The van der Waals surface area contributed by atoms with E-state index in [4.69, 9.17) is 9.26 Å². The lowest BCUT2D eigenvalue weighted by molar-refractivity contribution is -0.120. The SMILES string of the molecule is COCCc1noc(CNC(=O)C(C)Sc2nc(C)cc(=O)[nH]2)n1. The van der Waals surface area contributed by atoms with Crippen molar-refractivity contribution in [3.05, 3.63) is 33.8 Å². The average molecular weight is 353 g/mol. The van der Waals surface area contributed by atoms with Crippen LogP contribution in [0.2, 0.25) is 0 Å². The predicted octanol–water partition coefficient (Wildman–Crippen LogP) is 0.447. The van der Waals surface area contributed by atoms with Crippen molar-refractivity contribution in [2.45, 2.75) is 37.2 Å². The Morgan fingerprint density at radius 2 is 2.29 bits per heavy atom. The van der Waals surface area contributed by atoms with Crippen LogP contribution >= 0.6 is 11.8 Å². The molecule has 2 heterocycles. The van der Waals surface area contributed by atoms with Crippen molar-refractivity contribution in [2.75, 3.05) is 13.7 Å². The van der Waals surface area contributed by atoms with Crippen molar-refractivity contribution in [1.29, 1.82) is 0 Å². The van der Waals surface area contributed by atoms with Crippen molar-refractivity contribution in [2.24, 2.45) is 0 Å². The molecule has 9 nitrogen and oxygen atoms in total. The van der Waals surface area contributed by atoms with Gasteiger partial charge in [-0.3, -0.25) is 9.59 Å². The van der Waals surface area contributed by atoms with Crippen molar-refractivity contribution < 1.29 is 14.1 Å². The molecule has 0 aromatic carbocycles. The third-order valence-electron chi connectivity index (χ3n) is 2.96. The Morgan fingerprint density at radius 1 is 1.50 bits per heavy atom. The second-order valence-corrected chi connectivity index (χ2v) is 6.35. The quantitative estimate of drug-likeness (QED) is 0.518. The van der Waals surface area contributed by atoms with Gasteiger partial charge in [0.05, 0.1) is 18.4 Å². The maximum atomic E-state index is 12.1. The molecule has 2 aromatic heterocycles. The number of H-pyrrole nitrogens is 1. The molecule has 0 spiro atoms. The minimum Gasteiger partial charge on any atom is -0.384 e. The van der Waals surface area contributed by atoms with Crippen molar-refractivity contribution >= 4 is 17.7 Å². The molecule has 24 heavy (non-hydrogen) atoms. The van der Waals surface area contributed by atoms with E-state index >= 15 is 0 Å². The Balaban J connectivity index is 1.85. The third kappa shape index (κ3) is 5.46. The minimum atomic E-state index is -0.439. The van der Waals surface area contributed by atoms with Gasteiger partial charge in [0.25, 0.3) is 5.56 Å². The summed E-state index contributed by atoms with van der Waals surface area (Å²) in [5.41, 5.74) is 0.357. The lowest BCUT2D eigenvalue weighted by Gasteiger charge is -2.10. The zero-order valence-corrected chi connectivity index (χ0v) is 14.5. The fourth-order valence-electron chi connectivity index (χ4n) is 1.79. The van der Waals surface area contributed by atoms with E-state index in [0.29, 0.717) is 35.6 Å². The molecule has 10 heteroatoms. The zero-order chi connectivity index (χ0) is 17.5. The number of hydrogen-bond acceptors (Lipinski definition) is 8.